The van der Waals surface area contributed by atoms with E-state index in [-0.39, 0.29) is 0 Å². The van der Waals surface area contributed by atoms with E-state index < -0.39 is 0 Å². The molecule has 0 bridgehead atoms. The molecule has 2 heteroatoms. The summed E-state index contributed by atoms with van der Waals surface area (Å²) in [6, 6.07) is 6.87. The third-order valence-electron chi connectivity index (χ3n) is 3.20. The minimum absolute atomic E-state index is 0.565. The standard InChI is InChI=1S/C13H20N2/c1-9(2)15-8-10-6-7-12-11(10)4-3-5-13(12)14/h3-5,9-10,15H,6-8,14H2,1-2H3. The van der Waals surface area contributed by atoms with Crippen LogP contribution in [-0.4, -0.2) is 12.6 Å². The van der Waals surface area contributed by atoms with E-state index in [1.165, 1.54) is 17.5 Å². The van der Waals surface area contributed by atoms with E-state index in [0.29, 0.717) is 12.0 Å². The molecule has 0 radical (unpaired) electrons. The molecule has 0 aromatic heterocycles. The van der Waals surface area contributed by atoms with E-state index in [1.54, 1.807) is 0 Å². The average molecular weight is 204 g/mol. The van der Waals surface area contributed by atoms with Gasteiger partial charge in [0.15, 0.2) is 0 Å². The number of nitrogens with one attached hydrogen (secondary N) is 1. The Morgan fingerprint density at radius 2 is 2.27 bits per heavy atom. The highest BCUT2D eigenvalue weighted by Gasteiger charge is 2.23. The van der Waals surface area contributed by atoms with Gasteiger partial charge in [0.2, 0.25) is 0 Å². The Labute approximate surface area is 91.9 Å². The fraction of sp³-hybridized carbons (Fsp3) is 0.538. The molecule has 1 aromatic carbocycles. The molecule has 82 valence electrons. The van der Waals surface area contributed by atoms with Gasteiger partial charge in [0.1, 0.15) is 0 Å². The van der Waals surface area contributed by atoms with Gasteiger partial charge < -0.3 is 11.1 Å². The maximum atomic E-state index is 5.97. The minimum atomic E-state index is 0.565. The van der Waals surface area contributed by atoms with Gasteiger partial charge in [-0.25, -0.2) is 0 Å². The van der Waals surface area contributed by atoms with Crippen LogP contribution < -0.4 is 11.1 Å². The first-order valence-corrected chi connectivity index (χ1v) is 5.79. The Hall–Kier alpha value is -1.02. The molecule has 1 unspecified atom stereocenters. The van der Waals surface area contributed by atoms with Gasteiger partial charge in [0.05, 0.1) is 0 Å². The first-order chi connectivity index (χ1) is 7.18. The quantitative estimate of drug-likeness (QED) is 0.741. The number of hydrogen-bond acceptors (Lipinski definition) is 2. The topological polar surface area (TPSA) is 38.0 Å². The van der Waals surface area contributed by atoms with E-state index >= 15 is 0 Å². The Balaban J connectivity index is 2.11. The number of fused-ring (bicyclic) bond motifs is 1. The molecule has 0 spiro atoms. The third-order valence-corrected chi connectivity index (χ3v) is 3.20. The molecule has 1 aliphatic rings. The normalized spacial score (nSPS) is 19.5. The summed E-state index contributed by atoms with van der Waals surface area (Å²) in [5, 5.41) is 3.51. The molecule has 1 aliphatic carbocycles. The van der Waals surface area contributed by atoms with Gasteiger partial charge in [-0.1, -0.05) is 26.0 Å². The largest absolute Gasteiger partial charge is 0.398 e. The van der Waals surface area contributed by atoms with E-state index in [0.717, 1.165) is 18.7 Å². The smallest absolute Gasteiger partial charge is 0.0349 e. The second-order valence-corrected chi connectivity index (χ2v) is 4.71. The van der Waals surface area contributed by atoms with E-state index in [4.69, 9.17) is 5.73 Å². The predicted molar refractivity (Wildman–Crippen MR) is 65.1 cm³/mol. The van der Waals surface area contributed by atoms with Crippen LogP contribution in [0.2, 0.25) is 0 Å². The van der Waals surface area contributed by atoms with E-state index in [2.05, 4.69) is 31.3 Å². The van der Waals surface area contributed by atoms with Crippen molar-refractivity contribution in [3.8, 4) is 0 Å². The zero-order valence-electron chi connectivity index (χ0n) is 9.59. The molecule has 0 amide bonds. The Bertz CT molecular complexity index is 344. The highest BCUT2D eigenvalue weighted by molar-refractivity contribution is 5.54. The maximum absolute atomic E-state index is 5.97. The number of rotatable bonds is 3. The Kier molecular flexibility index (Phi) is 2.96. The zero-order valence-corrected chi connectivity index (χ0v) is 9.59. The molecule has 0 aliphatic heterocycles. The summed E-state index contributed by atoms with van der Waals surface area (Å²) >= 11 is 0. The molecule has 2 rings (SSSR count). The number of anilines is 1. The van der Waals surface area contributed by atoms with Crippen molar-refractivity contribution >= 4 is 5.69 Å². The Morgan fingerprint density at radius 3 is 3.00 bits per heavy atom. The van der Waals surface area contributed by atoms with Gasteiger partial charge >= 0.3 is 0 Å². The second kappa shape index (κ2) is 4.23. The highest BCUT2D eigenvalue weighted by Crippen LogP contribution is 2.35. The maximum Gasteiger partial charge on any atom is 0.0349 e. The van der Waals surface area contributed by atoms with Crippen LogP contribution in [0.4, 0.5) is 5.69 Å². The van der Waals surface area contributed by atoms with Gasteiger partial charge in [0.25, 0.3) is 0 Å². The molecule has 1 atom stereocenters. The van der Waals surface area contributed by atoms with E-state index in [1.807, 2.05) is 6.07 Å². The van der Waals surface area contributed by atoms with Gasteiger partial charge in [0, 0.05) is 18.3 Å². The van der Waals surface area contributed by atoms with Gasteiger partial charge in [-0.05, 0) is 36.0 Å². The van der Waals surface area contributed by atoms with Crippen molar-refractivity contribution in [2.75, 3.05) is 12.3 Å². The predicted octanol–water partition coefficient (Wildman–Crippen LogP) is 2.30. The first kappa shape index (κ1) is 10.5. The summed E-state index contributed by atoms with van der Waals surface area (Å²) in [4.78, 5) is 0. The molecule has 1 aromatic rings. The minimum Gasteiger partial charge on any atom is -0.398 e. The number of nitrogen functional groups attached to an aromatic ring is 1. The van der Waals surface area contributed by atoms with Crippen molar-refractivity contribution in [1.29, 1.82) is 0 Å². The van der Waals surface area contributed by atoms with Gasteiger partial charge in [-0.3, -0.25) is 0 Å². The van der Waals surface area contributed by atoms with Crippen molar-refractivity contribution in [1.82, 2.24) is 5.32 Å². The van der Waals surface area contributed by atoms with Crippen LogP contribution in [0, 0.1) is 0 Å². The average Bonchev–Trinajstić information content (AvgIpc) is 2.59. The lowest BCUT2D eigenvalue weighted by molar-refractivity contribution is 0.527. The van der Waals surface area contributed by atoms with Crippen LogP contribution in [0.25, 0.3) is 0 Å². The molecule has 0 saturated carbocycles. The third kappa shape index (κ3) is 2.15. The molecule has 15 heavy (non-hydrogen) atoms. The lowest BCUT2D eigenvalue weighted by Gasteiger charge is -2.15. The molecular formula is C13H20N2. The summed E-state index contributed by atoms with van der Waals surface area (Å²) in [7, 11) is 0. The molecule has 2 nitrogen and oxygen atoms in total. The molecule has 0 saturated heterocycles. The fourth-order valence-corrected chi connectivity index (χ4v) is 2.36. The lowest BCUT2D eigenvalue weighted by atomic mass is 10.0. The SMILES string of the molecule is CC(C)NCC1CCc2c(N)cccc21. The Morgan fingerprint density at radius 1 is 1.47 bits per heavy atom. The molecule has 3 N–H and O–H groups in total. The van der Waals surface area contributed by atoms with Crippen molar-refractivity contribution < 1.29 is 0 Å². The summed E-state index contributed by atoms with van der Waals surface area (Å²) in [5.41, 5.74) is 9.79. The molecule has 0 heterocycles. The van der Waals surface area contributed by atoms with Crippen molar-refractivity contribution in [3.63, 3.8) is 0 Å². The van der Waals surface area contributed by atoms with Crippen LogP contribution >= 0.6 is 0 Å². The summed E-state index contributed by atoms with van der Waals surface area (Å²) < 4.78 is 0. The fourth-order valence-electron chi connectivity index (χ4n) is 2.36. The lowest BCUT2D eigenvalue weighted by Crippen LogP contribution is -2.27. The van der Waals surface area contributed by atoms with Crippen LogP contribution in [0.1, 0.15) is 37.3 Å². The number of nitrogens with two attached hydrogens (primary N) is 1. The number of benzene rings is 1. The molecular weight excluding hydrogens is 184 g/mol. The summed E-state index contributed by atoms with van der Waals surface area (Å²) in [6.07, 6.45) is 2.38. The zero-order chi connectivity index (χ0) is 10.8. The van der Waals surface area contributed by atoms with Crippen molar-refractivity contribution in [3.05, 3.63) is 29.3 Å². The van der Waals surface area contributed by atoms with Crippen molar-refractivity contribution in [2.24, 2.45) is 0 Å². The summed E-state index contributed by atoms with van der Waals surface area (Å²) in [5.74, 6) is 0.658. The van der Waals surface area contributed by atoms with Gasteiger partial charge in [-0.15, -0.1) is 0 Å². The first-order valence-electron chi connectivity index (χ1n) is 5.79. The molecule has 0 fully saturated rings. The summed E-state index contributed by atoms with van der Waals surface area (Å²) in [6.45, 7) is 5.46. The monoisotopic (exact) mass is 204 g/mol. The van der Waals surface area contributed by atoms with Crippen LogP contribution in [-0.2, 0) is 6.42 Å². The van der Waals surface area contributed by atoms with Crippen LogP contribution in [0.15, 0.2) is 18.2 Å². The van der Waals surface area contributed by atoms with Crippen LogP contribution in [0.3, 0.4) is 0 Å². The van der Waals surface area contributed by atoms with E-state index in [9.17, 15) is 0 Å². The van der Waals surface area contributed by atoms with Gasteiger partial charge in [-0.2, -0.15) is 0 Å². The second-order valence-electron chi connectivity index (χ2n) is 4.71. The number of hydrogen-bond donors (Lipinski definition) is 2. The van der Waals surface area contributed by atoms with Crippen molar-refractivity contribution in [2.45, 2.75) is 38.6 Å². The van der Waals surface area contributed by atoms with Crippen LogP contribution in [0.5, 0.6) is 0 Å². The highest BCUT2D eigenvalue weighted by atomic mass is 14.9.